The maximum Gasteiger partial charge on any atom is 0.336 e. The smallest absolute Gasteiger partial charge is 0.247 e. The van der Waals surface area contributed by atoms with Crippen molar-refractivity contribution in [3.63, 3.8) is 0 Å². The Morgan fingerprint density at radius 2 is 0.667 bits per heavy atom. The van der Waals surface area contributed by atoms with E-state index in [0.717, 1.165) is 77.0 Å². The van der Waals surface area contributed by atoms with E-state index in [9.17, 15) is 14.4 Å². The van der Waals surface area contributed by atoms with Crippen LogP contribution in [0.25, 0.3) is 0 Å². The van der Waals surface area contributed by atoms with Gasteiger partial charge in [0.15, 0.2) is 0 Å². The van der Waals surface area contributed by atoms with E-state index in [0.29, 0.717) is 0 Å². The van der Waals surface area contributed by atoms with E-state index in [1.807, 2.05) is 0 Å². The molecule has 3 aliphatic rings. The zero-order valence-corrected chi connectivity index (χ0v) is 14.3. The third kappa shape index (κ3) is 2.50. The molecule has 1 aromatic rings. The van der Waals surface area contributed by atoms with E-state index in [1.54, 1.807) is 0 Å². The molecule has 0 saturated heterocycles. The van der Waals surface area contributed by atoms with Crippen molar-refractivity contribution in [3.05, 3.63) is 31.5 Å². The predicted molar refractivity (Wildman–Crippen MR) is 91.7 cm³/mol. The minimum atomic E-state index is -0.349. The summed E-state index contributed by atoms with van der Waals surface area (Å²) in [4.78, 5) is 39.2. The number of nitrogens with zero attached hydrogens (tertiary/aromatic N) is 3. The van der Waals surface area contributed by atoms with E-state index in [2.05, 4.69) is 0 Å². The third-order valence-electron chi connectivity index (χ3n) is 6.31. The Balaban J connectivity index is 1.94. The fourth-order valence-corrected chi connectivity index (χ4v) is 5.02. The summed E-state index contributed by atoms with van der Waals surface area (Å²) in [6.45, 7) is 0. The van der Waals surface area contributed by atoms with Crippen LogP contribution in [-0.2, 0) is 0 Å². The molecule has 132 valence electrons. The zero-order chi connectivity index (χ0) is 16.7. The lowest BCUT2D eigenvalue weighted by molar-refractivity contribution is 0.334. The number of hydrogen-bond acceptors (Lipinski definition) is 3. The predicted octanol–water partition coefficient (Wildman–Crippen LogP) is 2.52. The normalized spacial score (nSPS) is 23.5. The Bertz CT molecular complexity index is 635. The standard InChI is InChI=1S/C18H27N3O3/c22-16-19(13-7-1-2-8-13)17(23)21(15-11-5-6-12-15)18(24)20(16)14-9-3-4-10-14/h13-15H,1-12H2. The fraction of sp³-hybridized carbons (Fsp3) is 0.833. The van der Waals surface area contributed by atoms with Crippen LogP contribution in [0.2, 0.25) is 0 Å². The molecule has 24 heavy (non-hydrogen) atoms. The zero-order valence-electron chi connectivity index (χ0n) is 14.3. The molecule has 0 bridgehead atoms. The summed E-state index contributed by atoms with van der Waals surface area (Å²) in [5, 5.41) is 0. The highest BCUT2D eigenvalue weighted by Crippen LogP contribution is 2.31. The quantitative estimate of drug-likeness (QED) is 0.853. The molecule has 3 aliphatic carbocycles. The van der Waals surface area contributed by atoms with Gasteiger partial charge in [0.1, 0.15) is 0 Å². The first kappa shape index (κ1) is 15.9. The lowest BCUT2D eigenvalue weighted by atomic mass is 10.2. The van der Waals surface area contributed by atoms with Crippen molar-refractivity contribution in [1.29, 1.82) is 0 Å². The van der Waals surface area contributed by atoms with Gasteiger partial charge in [0.2, 0.25) is 0 Å². The van der Waals surface area contributed by atoms with Gasteiger partial charge in [0.25, 0.3) is 0 Å². The van der Waals surface area contributed by atoms with Crippen LogP contribution in [0.3, 0.4) is 0 Å². The molecule has 3 saturated carbocycles. The van der Waals surface area contributed by atoms with E-state index in [-0.39, 0.29) is 35.2 Å². The van der Waals surface area contributed by atoms with E-state index < -0.39 is 0 Å². The van der Waals surface area contributed by atoms with Crippen LogP contribution < -0.4 is 17.1 Å². The Labute approximate surface area is 141 Å². The minimum Gasteiger partial charge on any atom is -0.247 e. The molecule has 1 aromatic heterocycles. The van der Waals surface area contributed by atoms with Crippen molar-refractivity contribution in [2.75, 3.05) is 0 Å². The van der Waals surface area contributed by atoms with Crippen molar-refractivity contribution in [1.82, 2.24) is 13.7 Å². The van der Waals surface area contributed by atoms with Gasteiger partial charge in [-0.15, -0.1) is 0 Å². The highest BCUT2D eigenvalue weighted by molar-refractivity contribution is 4.91. The third-order valence-corrected chi connectivity index (χ3v) is 6.31. The van der Waals surface area contributed by atoms with Gasteiger partial charge < -0.3 is 0 Å². The maximum absolute atomic E-state index is 13.1. The van der Waals surface area contributed by atoms with E-state index in [1.165, 1.54) is 13.7 Å². The first-order valence-corrected chi connectivity index (χ1v) is 9.68. The van der Waals surface area contributed by atoms with Gasteiger partial charge in [-0.25, -0.2) is 28.1 Å². The van der Waals surface area contributed by atoms with Crippen LogP contribution in [0.5, 0.6) is 0 Å². The second-order valence-corrected chi connectivity index (χ2v) is 7.77. The molecule has 0 N–H and O–H groups in total. The van der Waals surface area contributed by atoms with Crippen LogP contribution in [0.4, 0.5) is 0 Å². The second-order valence-electron chi connectivity index (χ2n) is 7.77. The summed E-state index contributed by atoms with van der Waals surface area (Å²) in [7, 11) is 0. The maximum atomic E-state index is 13.1. The second kappa shape index (κ2) is 6.37. The average Bonchev–Trinajstić information content (AvgIpc) is 3.31. The molecule has 1 heterocycles. The van der Waals surface area contributed by atoms with Crippen molar-refractivity contribution in [2.24, 2.45) is 0 Å². The lowest BCUT2D eigenvalue weighted by Gasteiger charge is -2.22. The van der Waals surface area contributed by atoms with Crippen LogP contribution in [0.1, 0.15) is 95.2 Å². The summed E-state index contributed by atoms with van der Waals surface area (Å²) in [6, 6.07) is -0.0669. The number of aromatic nitrogens is 3. The Hall–Kier alpha value is -1.59. The van der Waals surface area contributed by atoms with Crippen molar-refractivity contribution in [3.8, 4) is 0 Å². The van der Waals surface area contributed by atoms with Crippen molar-refractivity contribution in [2.45, 2.75) is 95.2 Å². The molecule has 4 rings (SSSR count). The molecule has 0 spiro atoms. The van der Waals surface area contributed by atoms with Crippen molar-refractivity contribution < 1.29 is 0 Å². The minimum absolute atomic E-state index is 0.0223. The molecule has 0 radical (unpaired) electrons. The van der Waals surface area contributed by atoms with Gasteiger partial charge in [-0.1, -0.05) is 38.5 Å². The Morgan fingerprint density at radius 1 is 0.458 bits per heavy atom. The first-order chi connectivity index (χ1) is 11.7. The average molecular weight is 333 g/mol. The summed E-state index contributed by atoms with van der Waals surface area (Å²) in [5.41, 5.74) is -1.05. The number of hydrogen-bond donors (Lipinski definition) is 0. The molecular formula is C18H27N3O3. The van der Waals surface area contributed by atoms with Crippen LogP contribution >= 0.6 is 0 Å². The molecule has 6 heteroatoms. The van der Waals surface area contributed by atoms with E-state index >= 15 is 0 Å². The Kier molecular flexibility index (Phi) is 4.22. The summed E-state index contributed by atoms with van der Waals surface area (Å²) < 4.78 is 4.31. The van der Waals surface area contributed by atoms with Gasteiger partial charge in [0, 0.05) is 18.1 Å². The molecule has 0 amide bonds. The summed E-state index contributed by atoms with van der Waals surface area (Å²) in [5.74, 6) is 0. The molecule has 0 aliphatic heterocycles. The number of rotatable bonds is 3. The van der Waals surface area contributed by atoms with E-state index in [4.69, 9.17) is 0 Å². The lowest BCUT2D eigenvalue weighted by Crippen LogP contribution is -2.56. The largest absolute Gasteiger partial charge is 0.336 e. The van der Waals surface area contributed by atoms with Gasteiger partial charge in [0.05, 0.1) is 0 Å². The highest BCUT2D eigenvalue weighted by atomic mass is 16.2. The topological polar surface area (TPSA) is 66.0 Å². The van der Waals surface area contributed by atoms with Crippen LogP contribution in [0, 0.1) is 0 Å². The molecule has 0 atom stereocenters. The van der Waals surface area contributed by atoms with Gasteiger partial charge in [-0.05, 0) is 38.5 Å². The van der Waals surface area contributed by atoms with Gasteiger partial charge in [-0.3, -0.25) is 0 Å². The highest BCUT2D eigenvalue weighted by Gasteiger charge is 2.31. The molecule has 0 unspecified atom stereocenters. The molecule has 3 fully saturated rings. The van der Waals surface area contributed by atoms with Gasteiger partial charge >= 0.3 is 17.1 Å². The molecule has 6 nitrogen and oxygen atoms in total. The summed E-state index contributed by atoms with van der Waals surface area (Å²) in [6.07, 6.45) is 11.6. The molecule has 0 aromatic carbocycles. The van der Waals surface area contributed by atoms with Crippen molar-refractivity contribution >= 4 is 0 Å². The van der Waals surface area contributed by atoms with Crippen LogP contribution in [-0.4, -0.2) is 13.7 Å². The summed E-state index contributed by atoms with van der Waals surface area (Å²) >= 11 is 0. The fourth-order valence-electron chi connectivity index (χ4n) is 5.02. The van der Waals surface area contributed by atoms with Crippen LogP contribution in [0.15, 0.2) is 14.4 Å². The first-order valence-electron chi connectivity index (χ1n) is 9.68. The molecular weight excluding hydrogens is 306 g/mol. The Morgan fingerprint density at radius 3 is 0.875 bits per heavy atom. The van der Waals surface area contributed by atoms with Gasteiger partial charge in [-0.2, -0.15) is 0 Å². The SMILES string of the molecule is O=c1n(C2CCCC2)c(=O)n(C2CCCC2)c(=O)n1C1CCCC1. The monoisotopic (exact) mass is 333 g/mol.